The van der Waals surface area contributed by atoms with Crippen LogP contribution in [-0.4, -0.2) is 55.3 Å². The molecule has 114 valence electrons. The monoisotopic (exact) mass is 293 g/mol. The van der Waals surface area contributed by atoms with Crippen molar-refractivity contribution in [2.45, 2.75) is 0 Å². The Labute approximate surface area is 122 Å². The highest BCUT2D eigenvalue weighted by Gasteiger charge is 2.11. The normalized spacial score (nSPS) is 11.0. The lowest BCUT2D eigenvalue weighted by atomic mass is 10.3. The molecule has 1 aromatic carbocycles. The number of likely N-dealkylation sites (N-methyl/N-ethyl adjacent to an activating group) is 1. The fourth-order valence-electron chi connectivity index (χ4n) is 1.93. The molecule has 0 saturated carbocycles. The Bertz CT molecular complexity index is 613. The van der Waals surface area contributed by atoms with Crippen molar-refractivity contribution in [3.63, 3.8) is 0 Å². The van der Waals surface area contributed by atoms with E-state index in [0.717, 1.165) is 25.2 Å². The number of benzene rings is 1. The number of imidazole rings is 1. The van der Waals surface area contributed by atoms with Crippen LogP contribution >= 0.6 is 0 Å². The van der Waals surface area contributed by atoms with Gasteiger partial charge in [0.15, 0.2) is 0 Å². The van der Waals surface area contributed by atoms with E-state index < -0.39 is 4.92 Å². The number of ether oxygens (including phenoxy) is 1. The van der Waals surface area contributed by atoms with E-state index in [1.807, 2.05) is 11.9 Å². The fourth-order valence-corrected chi connectivity index (χ4v) is 1.93. The van der Waals surface area contributed by atoms with Crippen LogP contribution in [0.1, 0.15) is 0 Å². The van der Waals surface area contributed by atoms with Gasteiger partial charge in [-0.1, -0.05) is 0 Å². The highest BCUT2D eigenvalue weighted by Crippen LogP contribution is 2.21. The van der Waals surface area contributed by atoms with E-state index in [0.29, 0.717) is 18.1 Å². The predicted octanol–water partition coefficient (Wildman–Crippen LogP) is 1.14. The molecule has 8 nitrogen and oxygen atoms in total. The minimum absolute atomic E-state index is 0.0570. The summed E-state index contributed by atoms with van der Waals surface area (Å²) in [6.07, 6.45) is 0. The standard InChI is InChI=1S/C13H19N5O3/c1-17(7-5-14-6-8-21-2)13-15-11-4-3-10(18(19)20)9-12(11)16-13/h3-4,9,14H,5-8H2,1-2H3,(H,15,16). The van der Waals surface area contributed by atoms with E-state index in [4.69, 9.17) is 4.74 Å². The molecule has 0 aliphatic heterocycles. The third-order valence-corrected chi connectivity index (χ3v) is 3.13. The van der Waals surface area contributed by atoms with Gasteiger partial charge in [-0.2, -0.15) is 0 Å². The highest BCUT2D eigenvalue weighted by atomic mass is 16.6. The van der Waals surface area contributed by atoms with Gasteiger partial charge in [0.25, 0.3) is 5.69 Å². The Kier molecular flexibility index (Phi) is 5.07. The van der Waals surface area contributed by atoms with E-state index in [-0.39, 0.29) is 5.69 Å². The molecule has 0 aliphatic rings. The average Bonchev–Trinajstić information content (AvgIpc) is 2.89. The van der Waals surface area contributed by atoms with Crippen molar-refractivity contribution in [3.05, 3.63) is 28.3 Å². The summed E-state index contributed by atoms with van der Waals surface area (Å²) >= 11 is 0. The number of aromatic nitrogens is 2. The molecule has 21 heavy (non-hydrogen) atoms. The molecule has 0 spiro atoms. The summed E-state index contributed by atoms with van der Waals surface area (Å²) in [6, 6.07) is 4.61. The number of fused-ring (bicyclic) bond motifs is 1. The van der Waals surface area contributed by atoms with Crippen molar-refractivity contribution in [2.75, 3.05) is 45.3 Å². The van der Waals surface area contributed by atoms with Gasteiger partial charge < -0.3 is 19.9 Å². The first-order chi connectivity index (χ1) is 10.1. The summed E-state index contributed by atoms with van der Waals surface area (Å²) in [5.41, 5.74) is 1.44. The number of nitrogens with one attached hydrogen (secondary N) is 2. The van der Waals surface area contributed by atoms with Gasteiger partial charge in [0.2, 0.25) is 5.95 Å². The zero-order chi connectivity index (χ0) is 15.2. The van der Waals surface area contributed by atoms with Crippen molar-refractivity contribution in [1.82, 2.24) is 15.3 Å². The van der Waals surface area contributed by atoms with Gasteiger partial charge in [-0.3, -0.25) is 10.1 Å². The summed E-state index contributed by atoms with van der Waals surface area (Å²) in [4.78, 5) is 19.8. The second-order valence-electron chi connectivity index (χ2n) is 4.68. The summed E-state index contributed by atoms with van der Waals surface area (Å²) in [5, 5.41) is 14.0. The second-order valence-corrected chi connectivity index (χ2v) is 4.68. The summed E-state index contributed by atoms with van der Waals surface area (Å²) < 4.78 is 4.95. The molecule has 0 radical (unpaired) electrons. The van der Waals surface area contributed by atoms with Crippen LogP contribution in [0, 0.1) is 10.1 Å². The Morgan fingerprint density at radius 2 is 2.29 bits per heavy atom. The number of methoxy groups -OCH3 is 1. The lowest BCUT2D eigenvalue weighted by Crippen LogP contribution is -2.31. The van der Waals surface area contributed by atoms with Crippen LogP contribution < -0.4 is 10.2 Å². The molecule has 0 amide bonds. The maximum Gasteiger partial charge on any atom is 0.271 e. The summed E-state index contributed by atoms with van der Waals surface area (Å²) in [7, 11) is 3.59. The summed E-state index contributed by atoms with van der Waals surface area (Å²) in [6.45, 7) is 3.05. The third kappa shape index (κ3) is 3.89. The van der Waals surface area contributed by atoms with Crippen LogP contribution in [0.25, 0.3) is 11.0 Å². The van der Waals surface area contributed by atoms with Crippen molar-refractivity contribution in [1.29, 1.82) is 0 Å². The molecule has 2 N–H and O–H groups in total. The van der Waals surface area contributed by atoms with E-state index in [9.17, 15) is 10.1 Å². The number of aromatic amines is 1. The molecule has 2 rings (SSSR count). The minimum atomic E-state index is -0.413. The van der Waals surface area contributed by atoms with Crippen LogP contribution in [0.2, 0.25) is 0 Å². The minimum Gasteiger partial charge on any atom is -0.383 e. The first kappa shape index (κ1) is 15.2. The van der Waals surface area contributed by atoms with E-state index in [2.05, 4.69) is 15.3 Å². The Morgan fingerprint density at radius 3 is 3.00 bits per heavy atom. The molecule has 0 atom stereocenters. The molecule has 8 heteroatoms. The quantitative estimate of drug-likeness (QED) is 0.430. The number of hydrogen-bond donors (Lipinski definition) is 2. The van der Waals surface area contributed by atoms with Gasteiger partial charge in [-0.05, 0) is 6.07 Å². The molecule has 0 fully saturated rings. The Balaban J connectivity index is 1.99. The van der Waals surface area contributed by atoms with Crippen molar-refractivity contribution >= 4 is 22.7 Å². The van der Waals surface area contributed by atoms with Crippen LogP contribution in [0.4, 0.5) is 11.6 Å². The molecule has 2 aromatic rings. The molecule has 0 saturated heterocycles. The maximum atomic E-state index is 10.8. The largest absolute Gasteiger partial charge is 0.383 e. The number of anilines is 1. The molecule has 0 unspecified atom stereocenters. The number of rotatable bonds is 8. The molecule has 0 bridgehead atoms. The summed E-state index contributed by atoms with van der Waals surface area (Å²) in [5.74, 6) is 0.694. The Morgan fingerprint density at radius 1 is 1.48 bits per heavy atom. The number of nitrogens with zero attached hydrogens (tertiary/aromatic N) is 3. The van der Waals surface area contributed by atoms with Crippen molar-refractivity contribution in [2.24, 2.45) is 0 Å². The van der Waals surface area contributed by atoms with Gasteiger partial charge in [0, 0.05) is 45.9 Å². The van der Waals surface area contributed by atoms with Gasteiger partial charge in [0.05, 0.1) is 22.6 Å². The van der Waals surface area contributed by atoms with Gasteiger partial charge in [-0.15, -0.1) is 0 Å². The van der Waals surface area contributed by atoms with Gasteiger partial charge >= 0.3 is 0 Å². The van der Waals surface area contributed by atoms with Gasteiger partial charge in [-0.25, -0.2) is 4.98 Å². The van der Waals surface area contributed by atoms with Crippen LogP contribution in [-0.2, 0) is 4.74 Å². The smallest absolute Gasteiger partial charge is 0.271 e. The number of non-ortho nitro benzene ring substituents is 1. The van der Waals surface area contributed by atoms with Crippen LogP contribution in [0.15, 0.2) is 18.2 Å². The molecule has 0 aliphatic carbocycles. The lowest BCUT2D eigenvalue weighted by Gasteiger charge is -2.15. The fraction of sp³-hybridized carbons (Fsp3) is 0.462. The average molecular weight is 293 g/mol. The SMILES string of the molecule is COCCNCCN(C)c1nc2ccc([N+](=O)[O-])cc2[nH]1. The van der Waals surface area contributed by atoms with E-state index in [1.165, 1.54) is 12.1 Å². The maximum absolute atomic E-state index is 10.8. The van der Waals surface area contributed by atoms with Crippen LogP contribution in [0.5, 0.6) is 0 Å². The van der Waals surface area contributed by atoms with Crippen molar-refractivity contribution in [3.8, 4) is 0 Å². The first-order valence-electron chi connectivity index (χ1n) is 6.67. The Hall–Kier alpha value is -2.19. The van der Waals surface area contributed by atoms with E-state index in [1.54, 1.807) is 13.2 Å². The molecule has 1 heterocycles. The zero-order valence-corrected chi connectivity index (χ0v) is 12.1. The molecular weight excluding hydrogens is 274 g/mol. The number of H-pyrrole nitrogens is 1. The lowest BCUT2D eigenvalue weighted by molar-refractivity contribution is -0.384. The molecule has 1 aromatic heterocycles. The van der Waals surface area contributed by atoms with Gasteiger partial charge in [0.1, 0.15) is 0 Å². The predicted molar refractivity (Wildman–Crippen MR) is 80.8 cm³/mol. The molecular formula is C13H19N5O3. The van der Waals surface area contributed by atoms with Crippen LogP contribution in [0.3, 0.4) is 0 Å². The third-order valence-electron chi connectivity index (χ3n) is 3.13. The first-order valence-corrected chi connectivity index (χ1v) is 6.67. The zero-order valence-electron chi connectivity index (χ0n) is 12.1. The second kappa shape index (κ2) is 7.00. The number of nitro groups is 1. The highest BCUT2D eigenvalue weighted by molar-refractivity contribution is 5.80. The number of nitro benzene ring substituents is 1. The van der Waals surface area contributed by atoms with Crippen molar-refractivity contribution < 1.29 is 9.66 Å². The topological polar surface area (TPSA) is 96.3 Å². The van der Waals surface area contributed by atoms with E-state index >= 15 is 0 Å². The number of hydrogen-bond acceptors (Lipinski definition) is 6.